The number of benzene rings is 2. The van der Waals surface area contributed by atoms with Crippen molar-refractivity contribution in [2.75, 3.05) is 13.2 Å². The van der Waals surface area contributed by atoms with Crippen molar-refractivity contribution in [1.82, 2.24) is 4.72 Å². The van der Waals surface area contributed by atoms with Gasteiger partial charge in [0.25, 0.3) is 0 Å². The summed E-state index contributed by atoms with van der Waals surface area (Å²) in [5.41, 5.74) is 4.82. The Balaban J connectivity index is 2.01. The number of hydrogen-bond acceptors (Lipinski definition) is 3. The fraction of sp³-hybridized carbons (Fsp3) is 0.368. The molecule has 2 aromatic rings. The lowest BCUT2D eigenvalue weighted by Gasteiger charge is -2.14. The second kappa shape index (κ2) is 7.36. The van der Waals surface area contributed by atoms with E-state index in [1.54, 1.807) is 0 Å². The maximum absolute atomic E-state index is 12.5. The summed E-state index contributed by atoms with van der Waals surface area (Å²) in [6, 6.07) is 9.71. The molecule has 0 fully saturated rings. The fourth-order valence-corrected chi connectivity index (χ4v) is 4.49. The van der Waals surface area contributed by atoms with Crippen molar-refractivity contribution in [3.05, 3.63) is 58.1 Å². The van der Waals surface area contributed by atoms with Gasteiger partial charge in [0.05, 0.1) is 4.90 Å². The van der Waals surface area contributed by atoms with E-state index in [0.717, 1.165) is 33.6 Å². The molecule has 0 saturated heterocycles. The van der Waals surface area contributed by atoms with E-state index < -0.39 is 10.0 Å². The highest BCUT2D eigenvalue weighted by atomic mass is 32.2. The molecule has 2 aromatic carbocycles. The van der Waals surface area contributed by atoms with Crippen LogP contribution in [0.5, 0.6) is 5.75 Å². The van der Waals surface area contributed by atoms with Crippen molar-refractivity contribution in [3.63, 3.8) is 0 Å². The molecule has 0 heterocycles. The molecule has 0 aliphatic rings. The molecular formula is C19H25NO3S. The smallest absolute Gasteiger partial charge is 0.241 e. The van der Waals surface area contributed by atoms with Gasteiger partial charge in [0.15, 0.2) is 0 Å². The quantitative estimate of drug-likeness (QED) is 0.813. The summed E-state index contributed by atoms with van der Waals surface area (Å²) >= 11 is 0. The molecule has 0 bridgehead atoms. The summed E-state index contributed by atoms with van der Waals surface area (Å²) in [7, 11) is -3.54. The molecule has 2 rings (SSSR count). The zero-order chi connectivity index (χ0) is 17.9. The largest absolute Gasteiger partial charge is 0.492 e. The Kier molecular flexibility index (Phi) is 5.67. The molecule has 0 unspecified atom stereocenters. The maximum Gasteiger partial charge on any atom is 0.241 e. The summed E-state index contributed by atoms with van der Waals surface area (Å²) in [5.74, 6) is 0.759. The van der Waals surface area contributed by atoms with Crippen molar-refractivity contribution in [2.24, 2.45) is 0 Å². The number of rotatable bonds is 6. The van der Waals surface area contributed by atoms with Gasteiger partial charge in [-0.2, -0.15) is 0 Å². The van der Waals surface area contributed by atoms with Gasteiger partial charge in [0.2, 0.25) is 10.0 Å². The van der Waals surface area contributed by atoms with Crippen molar-refractivity contribution in [1.29, 1.82) is 0 Å². The third kappa shape index (κ3) is 4.58. The lowest BCUT2D eigenvalue weighted by molar-refractivity contribution is 0.322. The molecule has 0 saturated carbocycles. The number of hydrogen-bond donors (Lipinski definition) is 1. The second-order valence-corrected chi connectivity index (χ2v) is 8.00. The topological polar surface area (TPSA) is 55.4 Å². The van der Waals surface area contributed by atoms with Crippen LogP contribution >= 0.6 is 0 Å². The first-order valence-electron chi connectivity index (χ1n) is 7.97. The highest BCUT2D eigenvalue weighted by Crippen LogP contribution is 2.21. The molecule has 0 atom stereocenters. The Morgan fingerprint density at radius 3 is 1.88 bits per heavy atom. The van der Waals surface area contributed by atoms with Gasteiger partial charge in [-0.05, 0) is 69.0 Å². The average Bonchev–Trinajstić information content (AvgIpc) is 2.41. The third-order valence-electron chi connectivity index (χ3n) is 3.73. The number of aryl methyl sites for hydroxylation is 5. The van der Waals surface area contributed by atoms with Crippen LogP contribution in [0.3, 0.4) is 0 Å². The summed E-state index contributed by atoms with van der Waals surface area (Å²) in [6.07, 6.45) is 0. The molecular weight excluding hydrogens is 322 g/mol. The van der Waals surface area contributed by atoms with Crippen LogP contribution in [-0.4, -0.2) is 21.6 Å². The van der Waals surface area contributed by atoms with Crippen LogP contribution in [0, 0.1) is 34.6 Å². The van der Waals surface area contributed by atoms with Crippen LogP contribution in [0.2, 0.25) is 0 Å². The highest BCUT2D eigenvalue weighted by Gasteiger charge is 2.19. The molecule has 130 valence electrons. The van der Waals surface area contributed by atoms with Gasteiger partial charge < -0.3 is 4.74 Å². The van der Waals surface area contributed by atoms with Gasteiger partial charge in [0.1, 0.15) is 12.4 Å². The molecule has 4 nitrogen and oxygen atoms in total. The Morgan fingerprint density at radius 2 is 1.33 bits per heavy atom. The van der Waals surface area contributed by atoms with Crippen molar-refractivity contribution < 1.29 is 13.2 Å². The van der Waals surface area contributed by atoms with E-state index in [2.05, 4.69) is 10.8 Å². The molecule has 0 aliphatic carbocycles. The molecule has 0 aliphatic heterocycles. The van der Waals surface area contributed by atoms with Crippen LogP contribution in [0.25, 0.3) is 0 Å². The molecule has 1 N–H and O–H groups in total. The first-order valence-corrected chi connectivity index (χ1v) is 9.46. The van der Waals surface area contributed by atoms with E-state index >= 15 is 0 Å². The lowest BCUT2D eigenvalue weighted by atomic mass is 10.1. The van der Waals surface area contributed by atoms with Crippen LogP contribution in [0.4, 0.5) is 0 Å². The third-order valence-corrected chi connectivity index (χ3v) is 5.50. The fourth-order valence-electron chi connectivity index (χ4n) is 3.02. The number of sulfonamides is 1. The first-order chi connectivity index (χ1) is 11.2. The highest BCUT2D eigenvalue weighted by molar-refractivity contribution is 7.89. The molecule has 24 heavy (non-hydrogen) atoms. The van der Waals surface area contributed by atoms with Crippen LogP contribution < -0.4 is 9.46 Å². The van der Waals surface area contributed by atoms with Crippen LogP contribution in [-0.2, 0) is 10.0 Å². The normalized spacial score (nSPS) is 11.5. The van der Waals surface area contributed by atoms with Crippen LogP contribution in [0.1, 0.15) is 27.8 Å². The molecule has 0 aromatic heterocycles. The minimum absolute atomic E-state index is 0.224. The standard InChI is InChI=1S/C19H25NO3S/c1-13-8-14(2)12-18(11-13)23-7-6-20-24(21,22)19-16(4)9-15(3)10-17(19)5/h8-12,20H,6-7H2,1-5H3. The Labute approximate surface area is 144 Å². The van der Waals surface area contributed by atoms with E-state index in [1.165, 1.54) is 0 Å². The summed E-state index contributed by atoms with van der Waals surface area (Å²) in [6.45, 7) is 10.1. The second-order valence-electron chi connectivity index (χ2n) is 6.30. The maximum atomic E-state index is 12.5. The average molecular weight is 347 g/mol. The summed E-state index contributed by atoms with van der Waals surface area (Å²) in [4.78, 5) is 0.361. The van der Waals surface area contributed by atoms with Gasteiger partial charge >= 0.3 is 0 Å². The van der Waals surface area contributed by atoms with Gasteiger partial charge in [0, 0.05) is 6.54 Å². The molecule has 0 spiro atoms. The number of ether oxygens (including phenoxy) is 1. The zero-order valence-electron chi connectivity index (χ0n) is 14.9. The van der Waals surface area contributed by atoms with Crippen molar-refractivity contribution >= 4 is 10.0 Å². The SMILES string of the molecule is Cc1cc(C)cc(OCCNS(=O)(=O)c2c(C)cc(C)cc2C)c1. The van der Waals surface area contributed by atoms with Crippen molar-refractivity contribution in [3.8, 4) is 5.75 Å². The Bertz CT molecular complexity index is 798. The minimum Gasteiger partial charge on any atom is -0.492 e. The van der Waals surface area contributed by atoms with E-state index in [0.29, 0.717) is 4.90 Å². The molecule has 5 heteroatoms. The van der Waals surface area contributed by atoms with Crippen molar-refractivity contribution in [2.45, 2.75) is 39.5 Å². The van der Waals surface area contributed by atoms with E-state index in [9.17, 15) is 8.42 Å². The Morgan fingerprint density at radius 1 is 0.833 bits per heavy atom. The molecule has 0 radical (unpaired) electrons. The van der Waals surface area contributed by atoms with Gasteiger partial charge in [-0.25, -0.2) is 13.1 Å². The molecule has 0 amide bonds. The van der Waals surface area contributed by atoms with Gasteiger partial charge in [-0.1, -0.05) is 23.8 Å². The summed E-state index contributed by atoms with van der Waals surface area (Å²) < 4.78 is 33.4. The van der Waals surface area contributed by atoms with E-state index in [1.807, 2.05) is 58.9 Å². The summed E-state index contributed by atoms with van der Waals surface area (Å²) in [5, 5.41) is 0. The van der Waals surface area contributed by atoms with E-state index in [-0.39, 0.29) is 13.2 Å². The van der Waals surface area contributed by atoms with Gasteiger partial charge in [-0.15, -0.1) is 0 Å². The monoisotopic (exact) mass is 347 g/mol. The van der Waals surface area contributed by atoms with Crippen LogP contribution in [0.15, 0.2) is 35.2 Å². The first kappa shape index (κ1) is 18.5. The van der Waals surface area contributed by atoms with E-state index in [4.69, 9.17) is 4.74 Å². The predicted octanol–water partition coefficient (Wildman–Crippen LogP) is 3.59. The number of nitrogens with one attached hydrogen (secondary N) is 1. The predicted molar refractivity (Wildman–Crippen MR) is 97.3 cm³/mol. The lowest BCUT2D eigenvalue weighted by Crippen LogP contribution is -2.29. The Hall–Kier alpha value is -1.85. The van der Waals surface area contributed by atoms with Gasteiger partial charge in [-0.3, -0.25) is 0 Å². The zero-order valence-corrected chi connectivity index (χ0v) is 15.8. The minimum atomic E-state index is -3.54.